The Kier molecular flexibility index (Phi) is 6.71. The third-order valence-electron chi connectivity index (χ3n) is 5.30. The number of hydrogen-bond donors (Lipinski definition) is 0. The molecule has 0 N–H and O–H groups in total. The van der Waals surface area contributed by atoms with Gasteiger partial charge in [0.1, 0.15) is 5.75 Å². The zero-order valence-corrected chi connectivity index (χ0v) is 17.8. The minimum absolute atomic E-state index is 0.0224. The fourth-order valence-electron chi connectivity index (χ4n) is 3.59. The van der Waals surface area contributed by atoms with Crippen LogP contribution in [0.4, 0.5) is 11.4 Å². The second-order valence-electron chi connectivity index (χ2n) is 7.18. The van der Waals surface area contributed by atoms with Gasteiger partial charge in [-0.1, -0.05) is 11.6 Å². The van der Waals surface area contributed by atoms with Gasteiger partial charge in [0.05, 0.1) is 28.6 Å². The number of nitro benzene ring substituents is 2. The molecule has 11 heteroatoms. The third-order valence-corrected chi connectivity index (χ3v) is 5.53. The van der Waals surface area contributed by atoms with E-state index in [9.17, 15) is 25.0 Å². The molecule has 31 heavy (non-hydrogen) atoms. The first kappa shape index (κ1) is 22.4. The predicted octanol–water partition coefficient (Wildman–Crippen LogP) is 3.43. The molecular weight excluding hydrogens is 428 g/mol. The molecule has 0 aliphatic carbocycles. The van der Waals surface area contributed by atoms with Crippen molar-refractivity contribution in [2.45, 2.75) is 13.5 Å². The highest BCUT2D eigenvalue weighted by molar-refractivity contribution is 6.30. The molecule has 0 aromatic heterocycles. The molecule has 0 atom stereocenters. The maximum absolute atomic E-state index is 13.0. The van der Waals surface area contributed by atoms with Crippen LogP contribution in [0.3, 0.4) is 0 Å². The lowest BCUT2D eigenvalue weighted by Crippen LogP contribution is -2.48. The van der Waals surface area contributed by atoms with E-state index in [1.807, 2.05) is 6.07 Å². The molecule has 0 saturated carbocycles. The summed E-state index contributed by atoms with van der Waals surface area (Å²) in [6.45, 7) is 3.92. The van der Waals surface area contributed by atoms with Crippen molar-refractivity contribution in [2.24, 2.45) is 0 Å². The molecule has 3 rings (SSSR count). The topological polar surface area (TPSA) is 119 Å². The molecule has 2 aromatic rings. The summed E-state index contributed by atoms with van der Waals surface area (Å²) in [6.07, 6.45) is 0. The average Bonchev–Trinajstić information content (AvgIpc) is 2.73. The second kappa shape index (κ2) is 9.27. The van der Waals surface area contributed by atoms with Gasteiger partial charge >= 0.3 is 0 Å². The number of amides is 1. The van der Waals surface area contributed by atoms with E-state index in [1.54, 1.807) is 24.1 Å². The van der Waals surface area contributed by atoms with E-state index in [-0.39, 0.29) is 11.1 Å². The monoisotopic (exact) mass is 448 g/mol. The van der Waals surface area contributed by atoms with Gasteiger partial charge in [-0.2, -0.15) is 0 Å². The van der Waals surface area contributed by atoms with Crippen LogP contribution in [0.5, 0.6) is 5.75 Å². The Labute approximate surface area is 183 Å². The van der Waals surface area contributed by atoms with E-state index in [0.29, 0.717) is 37.7 Å². The number of rotatable bonds is 6. The number of halogens is 1. The SMILES string of the molecule is COc1ccc(Cl)cc1CN1CCN(C(=O)c2cc([N+](=O)[O-])cc([N+](=O)[O-])c2C)CC1. The molecule has 1 saturated heterocycles. The minimum atomic E-state index is -0.737. The highest BCUT2D eigenvalue weighted by Crippen LogP contribution is 2.29. The molecular formula is C20H21ClN4O6. The minimum Gasteiger partial charge on any atom is -0.496 e. The normalized spacial score (nSPS) is 14.4. The van der Waals surface area contributed by atoms with Crippen molar-refractivity contribution in [3.8, 4) is 5.75 Å². The molecule has 1 amide bonds. The van der Waals surface area contributed by atoms with Crippen molar-refractivity contribution in [1.82, 2.24) is 9.80 Å². The van der Waals surface area contributed by atoms with Gasteiger partial charge in [-0.05, 0) is 25.1 Å². The lowest BCUT2D eigenvalue weighted by atomic mass is 10.0. The predicted molar refractivity (Wildman–Crippen MR) is 114 cm³/mol. The molecule has 0 radical (unpaired) electrons. The number of carbonyl (C=O) groups excluding carboxylic acids is 1. The van der Waals surface area contributed by atoms with E-state index in [4.69, 9.17) is 16.3 Å². The van der Waals surface area contributed by atoms with E-state index in [1.165, 1.54) is 6.92 Å². The molecule has 2 aromatic carbocycles. The summed E-state index contributed by atoms with van der Waals surface area (Å²) in [4.78, 5) is 37.7. The van der Waals surface area contributed by atoms with Crippen LogP contribution in [-0.2, 0) is 6.54 Å². The fourth-order valence-corrected chi connectivity index (χ4v) is 3.79. The smallest absolute Gasteiger partial charge is 0.279 e. The number of nitro groups is 2. The Balaban J connectivity index is 1.74. The Bertz CT molecular complexity index is 1040. The average molecular weight is 449 g/mol. The lowest BCUT2D eigenvalue weighted by Gasteiger charge is -2.35. The zero-order valence-electron chi connectivity index (χ0n) is 17.0. The Morgan fingerprint density at radius 3 is 2.35 bits per heavy atom. The van der Waals surface area contributed by atoms with E-state index < -0.39 is 27.1 Å². The number of benzene rings is 2. The maximum Gasteiger partial charge on any atom is 0.279 e. The van der Waals surface area contributed by atoms with Crippen molar-refractivity contribution in [1.29, 1.82) is 0 Å². The van der Waals surface area contributed by atoms with Gasteiger partial charge in [0.2, 0.25) is 0 Å². The quantitative estimate of drug-likeness (QED) is 0.490. The number of carbonyl (C=O) groups is 1. The van der Waals surface area contributed by atoms with Gasteiger partial charge in [0.25, 0.3) is 17.3 Å². The van der Waals surface area contributed by atoms with Gasteiger partial charge in [0.15, 0.2) is 0 Å². The van der Waals surface area contributed by atoms with Crippen LogP contribution >= 0.6 is 11.6 Å². The number of methoxy groups -OCH3 is 1. The number of piperazine rings is 1. The zero-order chi connectivity index (χ0) is 22.7. The first-order valence-electron chi connectivity index (χ1n) is 9.48. The van der Waals surface area contributed by atoms with Gasteiger partial charge in [-0.25, -0.2) is 0 Å². The van der Waals surface area contributed by atoms with E-state index in [2.05, 4.69) is 4.90 Å². The Hall–Kier alpha value is -3.24. The highest BCUT2D eigenvalue weighted by Gasteiger charge is 2.29. The number of hydrogen-bond acceptors (Lipinski definition) is 7. The van der Waals surface area contributed by atoms with Gasteiger partial charge in [-0.3, -0.25) is 29.9 Å². The van der Waals surface area contributed by atoms with Crippen LogP contribution in [-0.4, -0.2) is 58.8 Å². The molecule has 164 valence electrons. The van der Waals surface area contributed by atoms with Gasteiger partial charge in [0, 0.05) is 54.9 Å². The molecule has 1 aliphatic heterocycles. The van der Waals surface area contributed by atoms with Crippen LogP contribution in [0.1, 0.15) is 21.5 Å². The van der Waals surface area contributed by atoms with Crippen molar-refractivity contribution < 1.29 is 19.4 Å². The van der Waals surface area contributed by atoms with Gasteiger partial charge in [-0.15, -0.1) is 0 Å². The molecule has 0 bridgehead atoms. The van der Waals surface area contributed by atoms with Crippen LogP contribution in [0.25, 0.3) is 0 Å². The summed E-state index contributed by atoms with van der Waals surface area (Å²) in [6, 6.07) is 7.37. The summed E-state index contributed by atoms with van der Waals surface area (Å²) in [5.41, 5.74) is 0.106. The van der Waals surface area contributed by atoms with Crippen molar-refractivity contribution in [3.63, 3.8) is 0 Å². The standard InChI is InChI=1S/C20H21ClN4O6/c1-13-17(10-16(24(27)28)11-18(13)25(29)30)20(26)23-7-5-22(6-8-23)12-14-9-15(21)3-4-19(14)31-2/h3-4,9-11H,5-8,12H2,1-2H3. The summed E-state index contributed by atoms with van der Waals surface area (Å²) in [7, 11) is 1.59. The maximum atomic E-state index is 13.0. The van der Waals surface area contributed by atoms with Crippen LogP contribution in [0, 0.1) is 27.2 Å². The summed E-state index contributed by atoms with van der Waals surface area (Å²) >= 11 is 6.09. The highest BCUT2D eigenvalue weighted by atomic mass is 35.5. The molecule has 1 heterocycles. The van der Waals surface area contributed by atoms with Crippen molar-refractivity contribution in [2.75, 3.05) is 33.3 Å². The molecule has 10 nitrogen and oxygen atoms in total. The van der Waals surface area contributed by atoms with Gasteiger partial charge < -0.3 is 9.64 Å². The van der Waals surface area contributed by atoms with Crippen LogP contribution < -0.4 is 4.74 Å². The number of nitrogens with zero attached hydrogens (tertiary/aromatic N) is 4. The van der Waals surface area contributed by atoms with E-state index >= 15 is 0 Å². The summed E-state index contributed by atoms with van der Waals surface area (Å²) in [5.74, 6) is 0.270. The first-order valence-corrected chi connectivity index (χ1v) is 9.86. The fraction of sp³-hybridized carbons (Fsp3) is 0.350. The first-order chi connectivity index (χ1) is 14.7. The van der Waals surface area contributed by atoms with Crippen LogP contribution in [0.15, 0.2) is 30.3 Å². The Morgan fingerprint density at radius 1 is 1.10 bits per heavy atom. The third kappa shape index (κ3) is 4.92. The molecule has 0 unspecified atom stereocenters. The molecule has 1 fully saturated rings. The second-order valence-corrected chi connectivity index (χ2v) is 7.61. The Morgan fingerprint density at radius 2 is 1.77 bits per heavy atom. The number of ether oxygens (including phenoxy) is 1. The molecule has 1 aliphatic rings. The van der Waals surface area contributed by atoms with Crippen molar-refractivity contribution >= 4 is 28.9 Å². The molecule has 0 spiro atoms. The summed E-state index contributed by atoms with van der Waals surface area (Å²) < 4.78 is 5.37. The lowest BCUT2D eigenvalue weighted by molar-refractivity contribution is -0.394. The van der Waals surface area contributed by atoms with Crippen LogP contribution in [0.2, 0.25) is 5.02 Å². The largest absolute Gasteiger partial charge is 0.496 e. The number of non-ortho nitro benzene ring substituents is 1. The summed E-state index contributed by atoms with van der Waals surface area (Å²) in [5, 5.41) is 23.0. The van der Waals surface area contributed by atoms with Crippen molar-refractivity contribution in [3.05, 3.63) is 72.3 Å². The van der Waals surface area contributed by atoms with E-state index in [0.717, 1.165) is 23.4 Å².